The molecule has 0 saturated carbocycles. The molecule has 5 nitrogen and oxygen atoms in total. The van der Waals surface area contributed by atoms with Crippen molar-refractivity contribution in [3.63, 3.8) is 0 Å². The van der Waals surface area contributed by atoms with Crippen molar-refractivity contribution in [1.82, 2.24) is 14.6 Å². The van der Waals surface area contributed by atoms with Gasteiger partial charge < -0.3 is 15.3 Å². The molecule has 2 atom stereocenters. The van der Waals surface area contributed by atoms with Crippen LogP contribution in [-0.2, 0) is 16.8 Å². The van der Waals surface area contributed by atoms with Crippen LogP contribution in [0.1, 0.15) is 43.0 Å². The van der Waals surface area contributed by atoms with Gasteiger partial charge in [0, 0.05) is 18.3 Å². The molecule has 2 aliphatic rings. The van der Waals surface area contributed by atoms with E-state index in [1.807, 2.05) is 13.0 Å². The lowest BCUT2D eigenvalue weighted by atomic mass is 9.83. The molecule has 0 aliphatic carbocycles. The van der Waals surface area contributed by atoms with Crippen molar-refractivity contribution in [2.75, 3.05) is 13.2 Å². The Balaban J connectivity index is 1.86. The van der Waals surface area contributed by atoms with E-state index in [4.69, 9.17) is 23.4 Å². The van der Waals surface area contributed by atoms with E-state index in [2.05, 4.69) is 5.32 Å². The number of halogens is 4. The first-order valence-electron chi connectivity index (χ1n) is 8.62. The molecule has 3 rings (SSSR count). The number of carbonyl (C=O) groups excluding carboxylic acids is 1. The predicted molar refractivity (Wildman–Crippen MR) is 99.0 cm³/mol. The Kier molecular flexibility index (Phi) is 5.57. The SMILES string of the molecule is C[C@H]1c2cccc(C(C)(O)C(F)F)c2CCN1C(=O)CC1=C(Cl)NCN1Cl. The fraction of sp³-hybridized carbons (Fsp3) is 0.500. The Morgan fingerprint density at radius 1 is 1.48 bits per heavy atom. The number of alkyl halides is 2. The monoisotopic (exact) mass is 419 g/mol. The van der Waals surface area contributed by atoms with Crippen LogP contribution in [0.3, 0.4) is 0 Å². The van der Waals surface area contributed by atoms with Crippen LogP contribution < -0.4 is 5.32 Å². The summed E-state index contributed by atoms with van der Waals surface area (Å²) in [6.07, 6.45) is -2.47. The maximum absolute atomic E-state index is 13.3. The average molecular weight is 420 g/mol. The maximum Gasteiger partial charge on any atom is 0.270 e. The van der Waals surface area contributed by atoms with Gasteiger partial charge in [-0.05, 0) is 37.0 Å². The molecule has 1 aromatic rings. The van der Waals surface area contributed by atoms with Crippen LogP contribution in [0.2, 0.25) is 0 Å². The molecule has 2 aliphatic heterocycles. The quantitative estimate of drug-likeness (QED) is 0.579. The second kappa shape index (κ2) is 7.45. The van der Waals surface area contributed by atoms with E-state index in [0.29, 0.717) is 36.1 Å². The first-order valence-corrected chi connectivity index (χ1v) is 9.34. The average Bonchev–Trinajstić information content (AvgIpc) is 2.93. The summed E-state index contributed by atoms with van der Waals surface area (Å²) in [5.74, 6) is -0.151. The topological polar surface area (TPSA) is 55.8 Å². The van der Waals surface area contributed by atoms with Gasteiger partial charge in [0.15, 0.2) is 0 Å². The number of hydrogen-bond acceptors (Lipinski definition) is 4. The van der Waals surface area contributed by atoms with Crippen molar-refractivity contribution < 1.29 is 18.7 Å². The van der Waals surface area contributed by atoms with Crippen LogP contribution in [0.4, 0.5) is 8.78 Å². The first-order chi connectivity index (χ1) is 12.6. The van der Waals surface area contributed by atoms with E-state index in [1.54, 1.807) is 11.0 Å². The van der Waals surface area contributed by atoms with Gasteiger partial charge in [0.25, 0.3) is 6.43 Å². The number of aliphatic hydroxyl groups is 1. The summed E-state index contributed by atoms with van der Waals surface area (Å²) in [7, 11) is 0. The number of carbonyl (C=O) groups is 1. The van der Waals surface area contributed by atoms with Crippen LogP contribution in [0, 0.1) is 0 Å². The number of benzene rings is 1. The molecule has 148 valence electrons. The Labute approximate surface area is 166 Å². The molecule has 9 heteroatoms. The van der Waals surface area contributed by atoms with Gasteiger partial charge in [0.2, 0.25) is 5.91 Å². The maximum atomic E-state index is 13.3. The largest absolute Gasteiger partial charge is 0.379 e. The van der Waals surface area contributed by atoms with Crippen LogP contribution in [0.15, 0.2) is 29.1 Å². The molecule has 2 N–H and O–H groups in total. The molecule has 0 spiro atoms. The summed E-state index contributed by atoms with van der Waals surface area (Å²) < 4.78 is 28.0. The molecule has 27 heavy (non-hydrogen) atoms. The third-order valence-corrected chi connectivity index (χ3v) is 5.94. The second-order valence-electron chi connectivity index (χ2n) is 6.97. The van der Waals surface area contributed by atoms with Crippen molar-refractivity contribution in [1.29, 1.82) is 0 Å². The highest BCUT2D eigenvalue weighted by molar-refractivity contribution is 6.30. The molecule has 2 heterocycles. The van der Waals surface area contributed by atoms with E-state index in [9.17, 15) is 18.7 Å². The zero-order valence-corrected chi connectivity index (χ0v) is 16.5. The fourth-order valence-electron chi connectivity index (χ4n) is 3.65. The summed E-state index contributed by atoms with van der Waals surface area (Å²) in [4.78, 5) is 14.5. The molecular formula is C18H21Cl2F2N3O2. The van der Waals surface area contributed by atoms with Crippen LogP contribution in [-0.4, -0.2) is 40.0 Å². The Morgan fingerprint density at radius 2 is 2.19 bits per heavy atom. The lowest BCUT2D eigenvalue weighted by Gasteiger charge is -2.38. The number of nitrogens with one attached hydrogen (secondary N) is 1. The van der Waals surface area contributed by atoms with E-state index < -0.39 is 12.0 Å². The lowest BCUT2D eigenvalue weighted by molar-refractivity contribution is -0.133. The van der Waals surface area contributed by atoms with Crippen LogP contribution in [0.5, 0.6) is 0 Å². The van der Waals surface area contributed by atoms with Gasteiger partial charge in [-0.2, -0.15) is 0 Å². The summed E-state index contributed by atoms with van der Waals surface area (Å²) in [6.45, 7) is 3.65. The van der Waals surface area contributed by atoms with Crippen molar-refractivity contribution in [2.24, 2.45) is 0 Å². The second-order valence-corrected chi connectivity index (χ2v) is 7.76. The van der Waals surface area contributed by atoms with E-state index in [-0.39, 0.29) is 23.9 Å². The van der Waals surface area contributed by atoms with Gasteiger partial charge in [-0.25, -0.2) is 8.78 Å². The Hall–Kier alpha value is -1.57. The summed E-state index contributed by atoms with van der Waals surface area (Å²) >= 11 is 12.1. The number of fused-ring (bicyclic) bond motifs is 1. The van der Waals surface area contributed by atoms with E-state index in [0.717, 1.165) is 12.5 Å². The standard InChI is InChI=1S/C18H21Cl2F2N3O2/c1-10-11-4-3-5-13(18(2,27)17(21)22)12(11)6-7-24(10)15(26)8-14-16(19)23-9-25(14)20/h3-5,10,17,23,27H,6-9H2,1-2H3/t10-,18?/m0/s1. The van der Waals surface area contributed by atoms with Crippen molar-refractivity contribution in [3.8, 4) is 0 Å². The Bertz CT molecular complexity index is 786. The summed E-state index contributed by atoms with van der Waals surface area (Å²) in [6, 6.07) is 4.65. The molecule has 1 amide bonds. The molecule has 0 fully saturated rings. The summed E-state index contributed by atoms with van der Waals surface area (Å²) in [5.41, 5.74) is -0.0645. The third kappa shape index (κ3) is 3.60. The fourth-order valence-corrected chi connectivity index (χ4v) is 4.13. The van der Waals surface area contributed by atoms with Crippen molar-refractivity contribution >= 4 is 29.3 Å². The highest BCUT2D eigenvalue weighted by atomic mass is 35.5. The van der Waals surface area contributed by atoms with Gasteiger partial charge in [-0.1, -0.05) is 29.8 Å². The highest BCUT2D eigenvalue weighted by Crippen LogP contribution is 2.38. The van der Waals surface area contributed by atoms with Crippen LogP contribution >= 0.6 is 23.4 Å². The van der Waals surface area contributed by atoms with Gasteiger partial charge in [0.1, 0.15) is 17.4 Å². The van der Waals surface area contributed by atoms with Crippen LogP contribution in [0.25, 0.3) is 0 Å². The van der Waals surface area contributed by atoms with E-state index in [1.165, 1.54) is 10.5 Å². The van der Waals surface area contributed by atoms with E-state index >= 15 is 0 Å². The molecule has 0 bridgehead atoms. The molecule has 1 aromatic carbocycles. The zero-order valence-electron chi connectivity index (χ0n) is 15.0. The summed E-state index contributed by atoms with van der Waals surface area (Å²) in [5, 5.41) is 13.5. The molecule has 0 radical (unpaired) electrons. The zero-order chi connectivity index (χ0) is 19.9. The Morgan fingerprint density at radius 3 is 2.78 bits per heavy atom. The predicted octanol–water partition coefficient (Wildman–Crippen LogP) is 3.42. The van der Waals surface area contributed by atoms with Gasteiger partial charge in [0.05, 0.1) is 18.2 Å². The molecule has 1 unspecified atom stereocenters. The first kappa shape index (κ1) is 20.2. The lowest BCUT2D eigenvalue weighted by Crippen LogP contribution is -2.41. The third-order valence-electron chi connectivity index (χ3n) is 5.26. The number of hydrogen-bond donors (Lipinski definition) is 2. The van der Waals surface area contributed by atoms with Gasteiger partial charge >= 0.3 is 0 Å². The highest BCUT2D eigenvalue weighted by Gasteiger charge is 2.39. The molecule has 0 aromatic heterocycles. The van der Waals surface area contributed by atoms with Crippen molar-refractivity contribution in [2.45, 2.75) is 44.8 Å². The number of amides is 1. The molecule has 0 saturated heterocycles. The minimum atomic E-state index is -2.90. The number of rotatable bonds is 4. The minimum absolute atomic E-state index is 0.0451. The van der Waals surface area contributed by atoms with Gasteiger partial charge in [-0.3, -0.25) is 9.21 Å². The van der Waals surface area contributed by atoms with Crippen molar-refractivity contribution in [3.05, 3.63) is 45.7 Å². The smallest absolute Gasteiger partial charge is 0.270 e. The van der Waals surface area contributed by atoms with Gasteiger partial charge in [-0.15, -0.1) is 0 Å². The minimum Gasteiger partial charge on any atom is -0.379 e. The molecular weight excluding hydrogens is 399 g/mol. The normalized spacial score (nSPS) is 22.0. The number of nitrogens with zero attached hydrogens (tertiary/aromatic N) is 2.